The van der Waals surface area contributed by atoms with Gasteiger partial charge in [-0.25, -0.2) is 0 Å². The molecule has 1 saturated heterocycles. The summed E-state index contributed by atoms with van der Waals surface area (Å²) in [5.74, 6) is 0. The molecule has 100 valence electrons. The third-order valence-corrected chi connectivity index (χ3v) is 3.78. The van der Waals surface area contributed by atoms with Crippen LogP contribution in [0.15, 0.2) is 18.2 Å². The maximum absolute atomic E-state index is 12.9. The molecule has 4 heteroatoms. The van der Waals surface area contributed by atoms with Crippen LogP contribution in [0.5, 0.6) is 0 Å². The number of benzene rings is 1. The zero-order valence-corrected chi connectivity index (χ0v) is 10.9. The summed E-state index contributed by atoms with van der Waals surface area (Å²) in [6.45, 7) is 5.64. The Labute approximate surface area is 106 Å². The minimum atomic E-state index is -4.27. The Morgan fingerprint density at radius 1 is 1.11 bits per heavy atom. The molecule has 0 spiro atoms. The monoisotopic (exact) mass is 257 g/mol. The second-order valence-corrected chi connectivity index (χ2v) is 5.18. The van der Waals surface area contributed by atoms with Crippen LogP contribution in [-0.4, -0.2) is 12.1 Å². The SMILES string of the molecule is Cc1ccc(N2[C@H](C)CC[C@@H]2C)cc1C(F)(F)F. The van der Waals surface area contributed by atoms with Crippen molar-refractivity contribution in [2.24, 2.45) is 0 Å². The van der Waals surface area contributed by atoms with E-state index in [1.807, 2.05) is 0 Å². The molecule has 0 radical (unpaired) electrons. The molecule has 2 rings (SSSR count). The molecule has 0 saturated carbocycles. The third kappa shape index (κ3) is 2.33. The number of hydrogen-bond donors (Lipinski definition) is 0. The van der Waals surface area contributed by atoms with Crippen LogP contribution >= 0.6 is 0 Å². The van der Waals surface area contributed by atoms with Gasteiger partial charge in [-0.05, 0) is 51.3 Å². The van der Waals surface area contributed by atoms with Crippen molar-refractivity contribution in [1.82, 2.24) is 0 Å². The molecule has 1 nitrogen and oxygen atoms in total. The van der Waals surface area contributed by atoms with E-state index >= 15 is 0 Å². The Bertz CT molecular complexity index is 429. The lowest BCUT2D eigenvalue weighted by molar-refractivity contribution is -0.138. The Morgan fingerprint density at radius 2 is 1.67 bits per heavy atom. The average molecular weight is 257 g/mol. The standard InChI is InChI=1S/C14H18F3N/c1-9-4-7-12(8-13(9)14(15,16)17)18-10(2)5-6-11(18)3/h4,7-8,10-11H,5-6H2,1-3H3/t10-,11+. The maximum atomic E-state index is 12.9. The number of aryl methyl sites for hydroxylation is 1. The van der Waals surface area contributed by atoms with E-state index in [-0.39, 0.29) is 5.56 Å². The van der Waals surface area contributed by atoms with E-state index in [4.69, 9.17) is 0 Å². The lowest BCUT2D eigenvalue weighted by atomic mass is 10.1. The summed E-state index contributed by atoms with van der Waals surface area (Å²) in [6.07, 6.45) is -2.20. The second kappa shape index (κ2) is 4.48. The first-order valence-corrected chi connectivity index (χ1v) is 6.27. The van der Waals surface area contributed by atoms with Gasteiger partial charge in [0.2, 0.25) is 0 Å². The Balaban J connectivity index is 2.41. The quantitative estimate of drug-likeness (QED) is 0.721. The van der Waals surface area contributed by atoms with Gasteiger partial charge < -0.3 is 4.90 Å². The van der Waals surface area contributed by atoms with Gasteiger partial charge in [0.25, 0.3) is 0 Å². The molecule has 0 aliphatic carbocycles. The minimum absolute atomic E-state index is 0.283. The average Bonchev–Trinajstić information content (AvgIpc) is 2.58. The lowest BCUT2D eigenvalue weighted by Crippen LogP contribution is -2.32. The van der Waals surface area contributed by atoms with Crippen molar-refractivity contribution < 1.29 is 13.2 Å². The summed E-state index contributed by atoms with van der Waals surface area (Å²) in [7, 11) is 0. The van der Waals surface area contributed by atoms with Crippen molar-refractivity contribution in [2.45, 2.75) is 51.9 Å². The molecular weight excluding hydrogens is 239 g/mol. The van der Waals surface area contributed by atoms with Gasteiger partial charge in [-0.1, -0.05) is 6.07 Å². The van der Waals surface area contributed by atoms with Crippen LogP contribution in [0.3, 0.4) is 0 Å². The van der Waals surface area contributed by atoms with Crippen molar-refractivity contribution in [3.8, 4) is 0 Å². The van der Waals surface area contributed by atoms with Crippen molar-refractivity contribution in [3.05, 3.63) is 29.3 Å². The van der Waals surface area contributed by atoms with Crippen molar-refractivity contribution in [3.63, 3.8) is 0 Å². The first kappa shape index (κ1) is 13.2. The molecule has 1 fully saturated rings. The third-order valence-electron chi connectivity index (χ3n) is 3.78. The van der Waals surface area contributed by atoms with Gasteiger partial charge in [0.05, 0.1) is 5.56 Å². The van der Waals surface area contributed by atoms with Crippen LogP contribution in [-0.2, 0) is 6.18 Å². The van der Waals surface area contributed by atoms with Gasteiger partial charge in [-0.15, -0.1) is 0 Å². The molecule has 1 heterocycles. The fraction of sp³-hybridized carbons (Fsp3) is 0.571. The van der Waals surface area contributed by atoms with E-state index in [1.54, 1.807) is 12.1 Å². The van der Waals surface area contributed by atoms with Crippen molar-refractivity contribution >= 4 is 5.69 Å². The molecule has 0 aromatic heterocycles. The predicted molar refractivity (Wildman–Crippen MR) is 66.8 cm³/mol. The molecule has 0 bridgehead atoms. The van der Waals surface area contributed by atoms with E-state index in [0.717, 1.165) is 12.8 Å². The summed E-state index contributed by atoms with van der Waals surface area (Å²) in [6, 6.07) is 5.26. The molecule has 1 aromatic rings. The first-order valence-electron chi connectivity index (χ1n) is 6.27. The molecular formula is C14H18F3N. The largest absolute Gasteiger partial charge is 0.416 e. The maximum Gasteiger partial charge on any atom is 0.416 e. The first-order chi connectivity index (χ1) is 8.30. The van der Waals surface area contributed by atoms with E-state index in [0.29, 0.717) is 17.8 Å². The molecule has 0 amide bonds. The number of nitrogens with zero attached hydrogens (tertiary/aromatic N) is 1. The molecule has 1 aliphatic heterocycles. The van der Waals surface area contributed by atoms with Crippen molar-refractivity contribution in [2.75, 3.05) is 4.90 Å². The van der Waals surface area contributed by atoms with Gasteiger partial charge in [0.1, 0.15) is 0 Å². The van der Waals surface area contributed by atoms with Crippen LogP contribution < -0.4 is 4.90 Å². The fourth-order valence-corrected chi connectivity index (χ4v) is 2.78. The highest BCUT2D eigenvalue weighted by atomic mass is 19.4. The van der Waals surface area contributed by atoms with Gasteiger partial charge in [0, 0.05) is 17.8 Å². The van der Waals surface area contributed by atoms with Gasteiger partial charge in [-0.3, -0.25) is 0 Å². The van der Waals surface area contributed by atoms with Crippen LogP contribution in [0.4, 0.5) is 18.9 Å². The highest BCUT2D eigenvalue weighted by Crippen LogP contribution is 2.37. The van der Waals surface area contributed by atoms with E-state index in [1.165, 1.54) is 13.0 Å². The summed E-state index contributed by atoms with van der Waals surface area (Å²) < 4.78 is 38.7. The normalized spacial score (nSPS) is 24.7. The molecule has 1 aliphatic rings. The topological polar surface area (TPSA) is 3.24 Å². The molecule has 2 atom stereocenters. The number of halogens is 3. The summed E-state index contributed by atoms with van der Waals surface area (Å²) >= 11 is 0. The molecule has 18 heavy (non-hydrogen) atoms. The zero-order valence-electron chi connectivity index (χ0n) is 10.9. The second-order valence-electron chi connectivity index (χ2n) is 5.18. The molecule has 0 unspecified atom stereocenters. The Kier molecular flexibility index (Phi) is 3.30. The van der Waals surface area contributed by atoms with E-state index in [9.17, 15) is 13.2 Å². The Hall–Kier alpha value is -1.19. The molecule has 0 N–H and O–H groups in total. The van der Waals surface area contributed by atoms with Gasteiger partial charge in [0.15, 0.2) is 0 Å². The van der Waals surface area contributed by atoms with Crippen LogP contribution in [0.1, 0.15) is 37.8 Å². The fourth-order valence-electron chi connectivity index (χ4n) is 2.78. The molecule has 1 aromatic carbocycles. The van der Waals surface area contributed by atoms with Crippen LogP contribution in [0.2, 0.25) is 0 Å². The summed E-state index contributed by atoms with van der Waals surface area (Å²) in [5, 5.41) is 0. The lowest BCUT2D eigenvalue weighted by Gasteiger charge is -2.29. The van der Waals surface area contributed by atoms with Gasteiger partial charge in [-0.2, -0.15) is 13.2 Å². The smallest absolute Gasteiger partial charge is 0.366 e. The summed E-state index contributed by atoms with van der Waals surface area (Å²) in [4.78, 5) is 2.09. The van der Waals surface area contributed by atoms with Crippen LogP contribution in [0.25, 0.3) is 0 Å². The number of alkyl halides is 3. The number of anilines is 1. The minimum Gasteiger partial charge on any atom is -0.366 e. The van der Waals surface area contributed by atoms with E-state index < -0.39 is 11.7 Å². The highest BCUT2D eigenvalue weighted by molar-refractivity contribution is 5.54. The number of hydrogen-bond acceptors (Lipinski definition) is 1. The Morgan fingerprint density at radius 3 is 2.17 bits per heavy atom. The van der Waals surface area contributed by atoms with E-state index in [2.05, 4.69) is 18.7 Å². The van der Waals surface area contributed by atoms with Gasteiger partial charge >= 0.3 is 6.18 Å². The van der Waals surface area contributed by atoms with Crippen molar-refractivity contribution in [1.29, 1.82) is 0 Å². The van der Waals surface area contributed by atoms with Crippen LogP contribution in [0, 0.1) is 6.92 Å². The highest BCUT2D eigenvalue weighted by Gasteiger charge is 2.34. The summed E-state index contributed by atoms with van der Waals surface area (Å²) in [5.41, 5.74) is 0.447. The zero-order chi connectivity index (χ0) is 13.5. The predicted octanol–water partition coefficient (Wildman–Crippen LogP) is 4.39. The number of rotatable bonds is 1.